The van der Waals surface area contributed by atoms with Crippen molar-refractivity contribution in [3.05, 3.63) is 11.6 Å². The van der Waals surface area contributed by atoms with Crippen LogP contribution in [0.1, 0.15) is 32.1 Å². The summed E-state index contributed by atoms with van der Waals surface area (Å²) in [6.07, 6.45) is 7.12. The highest BCUT2D eigenvalue weighted by atomic mass is 32.2. The molecule has 0 atom stereocenters. The molecular formula is C12H21N3O3S. The SMILES string of the molecule is NS(=O)(=O)N1CCN(C(=O)CC2=CCCCC2)CC1. The van der Waals surface area contributed by atoms with Gasteiger partial charge in [-0.25, -0.2) is 5.14 Å². The van der Waals surface area contributed by atoms with Crippen molar-refractivity contribution in [1.29, 1.82) is 0 Å². The van der Waals surface area contributed by atoms with Crippen LogP contribution in [0, 0.1) is 0 Å². The molecule has 1 aliphatic carbocycles. The Labute approximate surface area is 114 Å². The van der Waals surface area contributed by atoms with Crippen LogP contribution in [0.2, 0.25) is 0 Å². The summed E-state index contributed by atoms with van der Waals surface area (Å²) in [6.45, 7) is 1.46. The van der Waals surface area contributed by atoms with Crippen LogP contribution in [0.3, 0.4) is 0 Å². The van der Waals surface area contributed by atoms with Crippen molar-refractivity contribution in [3.8, 4) is 0 Å². The molecule has 1 fully saturated rings. The Morgan fingerprint density at radius 3 is 2.42 bits per heavy atom. The zero-order chi connectivity index (χ0) is 13.9. The highest BCUT2D eigenvalue weighted by molar-refractivity contribution is 7.86. The largest absolute Gasteiger partial charge is 0.340 e. The summed E-state index contributed by atoms with van der Waals surface area (Å²) < 4.78 is 23.6. The van der Waals surface area contributed by atoms with Gasteiger partial charge in [0.2, 0.25) is 5.91 Å². The zero-order valence-corrected chi connectivity index (χ0v) is 11.9. The minimum atomic E-state index is -3.62. The van der Waals surface area contributed by atoms with E-state index < -0.39 is 10.2 Å². The number of rotatable bonds is 3. The van der Waals surface area contributed by atoms with E-state index in [0.717, 1.165) is 19.3 Å². The molecule has 6 nitrogen and oxygen atoms in total. The third-order valence-electron chi connectivity index (χ3n) is 3.71. The van der Waals surface area contributed by atoms with Crippen molar-refractivity contribution in [2.24, 2.45) is 5.14 Å². The van der Waals surface area contributed by atoms with Gasteiger partial charge in [-0.05, 0) is 25.7 Å². The maximum absolute atomic E-state index is 12.1. The van der Waals surface area contributed by atoms with Crippen molar-refractivity contribution >= 4 is 16.1 Å². The predicted molar refractivity (Wildman–Crippen MR) is 72.4 cm³/mol. The van der Waals surface area contributed by atoms with Gasteiger partial charge < -0.3 is 4.90 Å². The number of nitrogens with two attached hydrogens (primary N) is 1. The normalized spacial score (nSPS) is 22.2. The average molecular weight is 287 g/mol. The smallest absolute Gasteiger partial charge is 0.277 e. The Balaban J connectivity index is 1.84. The lowest BCUT2D eigenvalue weighted by atomic mass is 9.97. The molecule has 2 N–H and O–H groups in total. The molecule has 108 valence electrons. The fourth-order valence-electron chi connectivity index (χ4n) is 2.56. The summed E-state index contributed by atoms with van der Waals surface area (Å²) in [5, 5.41) is 5.07. The van der Waals surface area contributed by atoms with Crippen LogP contribution >= 0.6 is 0 Å². The second-order valence-corrected chi connectivity index (χ2v) is 6.66. The Morgan fingerprint density at radius 2 is 1.89 bits per heavy atom. The number of hydrogen-bond acceptors (Lipinski definition) is 3. The van der Waals surface area contributed by atoms with Crippen LogP contribution in [-0.4, -0.2) is 49.7 Å². The lowest BCUT2D eigenvalue weighted by Gasteiger charge is -2.33. The monoisotopic (exact) mass is 287 g/mol. The molecule has 0 aromatic carbocycles. The van der Waals surface area contributed by atoms with Gasteiger partial charge in [0.05, 0.1) is 0 Å². The van der Waals surface area contributed by atoms with Crippen LogP contribution in [0.15, 0.2) is 11.6 Å². The van der Waals surface area contributed by atoms with Crippen LogP contribution < -0.4 is 5.14 Å². The van der Waals surface area contributed by atoms with E-state index in [1.807, 2.05) is 0 Å². The second-order valence-electron chi connectivity index (χ2n) is 5.11. The lowest BCUT2D eigenvalue weighted by molar-refractivity contribution is -0.131. The van der Waals surface area contributed by atoms with Crippen molar-refractivity contribution in [2.45, 2.75) is 32.1 Å². The second kappa shape index (κ2) is 6.02. The minimum absolute atomic E-state index is 0.0993. The molecule has 2 rings (SSSR count). The van der Waals surface area contributed by atoms with Crippen molar-refractivity contribution in [2.75, 3.05) is 26.2 Å². The van der Waals surface area contributed by atoms with Crippen molar-refractivity contribution in [3.63, 3.8) is 0 Å². The first-order chi connectivity index (χ1) is 8.97. The van der Waals surface area contributed by atoms with E-state index in [4.69, 9.17) is 5.14 Å². The number of hydrogen-bond donors (Lipinski definition) is 1. The number of allylic oxidation sites excluding steroid dienone is 1. The molecule has 0 saturated carbocycles. The van der Waals surface area contributed by atoms with Crippen LogP contribution in [-0.2, 0) is 15.0 Å². The van der Waals surface area contributed by atoms with Gasteiger partial charge >= 0.3 is 0 Å². The van der Waals surface area contributed by atoms with E-state index in [1.54, 1.807) is 4.90 Å². The molecule has 7 heteroatoms. The van der Waals surface area contributed by atoms with Gasteiger partial charge in [-0.2, -0.15) is 12.7 Å². The van der Waals surface area contributed by atoms with Gasteiger partial charge in [0.1, 0.15) is 0 Å². The number of piperazine rings is 1. The van der Waals surface area contributed by atoms with E-state index in [-0.39, 0.29) is 5.91 Å². The summed E-state index contributed by atoms with van der Waals surface area (Å²) in [5.74, 6) is 0.0993. The summed E-state index contributed by atoms with van der Waals surface area (Å²) in [6, 6.07) is 0. The Hall–Kier alpha value is -0.920. The quantitative estimate of drug-likeness (QED) is 0.754. The Kier molecular flexibility index (Phi) is 4.59. The van der Waals surface area contributed by atoms with E-state index in [9.17, 15) is 13.2 Å². The highest BCUT2D eigenvalue weighted by Gasteiger charge is 2.26. The third kappa shape index (κ3) is 4.02. The summed E-state index contributed by atoms with van der Waals surface area (Å²) in [5.41, 5.74) is 1.23. The first-order valence-corrected chi connectivity index (χ1v) is 8.21. The van der Waals surface area contributed by atoms with E-state index in [1.165, 1.54) is 16.3 Å². The Morgan fingerprint density at radius 1 is 1.21 bits per heavy atom. The molecule has 1 aliphatic heterocycles. The molecule has 1 saturated heterocycles. The number of carbonyl (C=O) groups is 1. The van der Waals surface area contributed by atoms with E-state index in [0.29, 0.717) is 32.6 Å². The number of nitrogens with zero attached hydrogens (tertiary/aromatic N) is 2. The summed E-state index contributed by atoms with van der Waals surface area (Å²) in [7, 11) is -3.62. The topological polar surface area (TPSA) is 83.7 Å². The van der Waals surface area contributed by atoms with Crippen molar-refractivity contribution < 1.29 is 13.2 Å². The highest BCUT2D eigenvalue weighted by Crippen LogP contribution is 2.21. The first kappa shape index (κ1) is 14.5. The first-order valence-electron chi connectivity index (χ1n) is 6.70. The standard InChI is InChI=1S/C12H21N3O3S/c13-19(17,18)15-8-6-14(7-9-15)12(16)10-11-4-2-1-3-5-11/h4H,1-3,5-10H2,(H2,13,17,18). The molecule has 19 heavy (non-hydrogen) atoms. The fourth-order valence-corrected chi connectivity index (χ4v) is 3.24. The molecule has 2 aliphatic rings. The molecule has 0 radical (unpaired) electrons. The van der Waals surface area contributed by atoms with Crippen LogP contribution in [0.5, 0.6) is 0 Å². The molecular weight excluding hydrogens is 266 g/mol. The molecule has 1 heterocycles. The molecule has 1 amide bonds. The van der Waals surface area contributed by atoms with Gasteiger partial charge in [0.25, 0.3) is 10.2 Å². The van der Waals surface area contributed by atoms with Gasteiger partial charge in [-0.3, -0.25) is 4.79 Å². The molecule has 0 aromatic heterocycles. The van der Waals surface area contributed by atoms with E-state index in [2.05, 4.69) is 6.08 Å². The fraction of sp³-hybridized carbons (Fsp3) is 0.750. The maximum atomic E-state index is 12.1. The minimum Gasteiger partial charge on any atom is -0.340 e. The maximum Gasteiger partial charge on any atom is 0.277 e. The number of carbonyl (C=O) groups excluding carboxylic acids is 1. The zero-order valence-electron chi connectivity index (χ0n) is 11.0. The molecule has 0 aromatic rings. The predicted octanol–water partition coefficient (Wildman–Crippen LogP) is 0.225. The average Bonchev–Trinajstić information content (AvgIpc) is 2.39. The number of amides is 1. The van der Waals surface area contributed by atoms with Gasteiger partial charge in [-0.1, -0.05) is 11.6 Å². The Bertz CT molecular complexity index is 465. The molecule has 0 spiro atoms. The van der Waals surface area contributed by atoms with Gasteiger partial charge in [0.15, 0.2) is 0 Å². The van der Waals surface area contributed by atoms with Gasteiger partial charge in [-0.15, -0.1) is 0 Å². The van der Waals surface area contributed by atoms with Crippen LogP contribution in [0.25, 0.3) is 0 Å². The van der Waals surface area contributed by atoms with Crippen LogP contribution in [0.4, 0.5) is 0 Å². The van der Waals surface area contributed by atoms with Gasteiger partial charge in [0, 0.05) is 32.6 Å². The van der Waals surface area contributed by atoms with E-state index >= 15 is 0 Å². The summed E-state index contributed by atoms with van der Waals surface area (Å²) in [4.78, 5) is 13.8. The lowest BCUT2D eigenvalue weighted by Crippen LogP contribution is -2.52. The third-order valence-corrected chi connectivity index (χ3v) is 4.80. The van der Waals surface area contributed by atoms with Crippen molar-refractivity contribution in [1.82, 2.24) is 9.21 Å². The summed E-state index contributed by atoms with van der Waals surface area (Å²) >= 11 is 0. The molecule has 0 bridgehead atoms. The molecule has 0 unspecified atom stereocenters.